The molecule has 1 N–H and O–H groups in total. The minimum Gasteiger partial charge on any atom is -0.411 e. The third-order valence-corrected chi connectivity index (χ3v) is 6.01. The van der Waals surface area contributed by atoms with Gasteiger partial charge in [0, 0.05) is 6.26 Å². The highest BCUT2D eigenvalue weighted by Gasteiger charge is 2.20. The average Bonchev–Trinajstić information content (AvgIpc) is 3.02. The Hall–Kier alpha value is -1.78. The first-order valence-electron chi connectivity index (χ1n) is 7.39. The molecular weight excluding hydrogens is 354 g/mol. The Morgan fingerprint density at radius 1 is 1.08 bits per heavy atom. The average molecular weight is 371 g/mol. The molecule has 1 aliphatic carbocycles. The fourth-order valence-corrected chi connectivity index (χ4v) is 4.04. The van der Waals surface area contributed by atoms with Crippen molar-refractivity contribution < 1.29 is 21.3 Å². The Morgan fingerprint density at radius 3 is 2.46 bits per heavy atom. The van der Waals surface area contributed by atoms with E-state index in [4.69, 9.17) is 4.42 Å². The van der Waals surface area contributed by atoms with Crippen molar-refractivity contribution in [1.82, 2.24) is 14.9 Å². The topological polar surface area (TPSA) is 119 Å². The summed E-state index contributed by atoms with van der Waals surface area (Å²) in [6.45, 7) is -0.276. The normalized spacial score (nSPS) is 15.2. The molecule has 2 aromatic rings. The number of hydrogen-bond donors (Lipinski definition) is 1. The molecule has 10 heteroatoms. The van der Waals surface area contributed by atoms with Crippen molar-refractivity contribution in [2.75, 3.05) is 6.26 Å². The number of aromatic nitrogens is 2. The zero-order chi connectivity index (χ0) is 17.4. The maximum Gasteiger partial charge on any atom is 0.335 e. The molecule has 0 saturated carbocycles. The summed E-state index contributed by atoms with van der Waals surface area (Å²) in [5.74, 6) is -0.114. The lowest BCUT2D eigenvalue weighted by Crippen LogP contribution is -2.23. The van der Waals surface area contributed by atoms with Gasteiger partial charge in [-0.25, -0.2) is 21.6 Å². The second-order valence-corrected chi connectivity index (χ2v) is 9.36. The van der Waals surface area contributed by atoms with Crippen LogP contribution >= 0.6 is 0 Å². The van der Waals surface area contributed by atoms with Gasteiger partial charge in [0.1, 0.15) is 0 Å². The zero-order valence-electron chi connectivity index (χ0n) is 13.0. The first kappa shape index (κ1) is 17.1. The van der Waals surface area contributed by atoms with Crippen LogP contribution in [-0.4, -0.2) is 33.3 Å². The monoisotopic (exact) mass is 371 g/mol. The van der Waals surface area contributed by atoms with Gasteiger partial charge in [-0.2, -0.15) is 0 Å². The van der Waals surface area contributed by atoms with Crippen LogP contribution in [0.1, 0.15) is 29.9 Å². The van der Waals surface area contributed by atoms with E-state index in [-0.39, 0.29) is 17.3 Å². The molecule has 0 atom stereocenters. The summed E-state index contributed by atoms with van der Waals surface area (Å²) < 4.78 is 54.6. The van der Waals surface area contributed by atoms with Crippen molar-refractivity contribution in [1.29, 1.82) is 0 Å². The first-order chi connectivity index (χ1) is 11.3. The molecule has 1 heterocycles. The quantitative estimate of drug-likeness (QED) is 0.826. The van der Waals surface area contributed by atoms with Crippen molar-refractivity contribution in [3.05, 3.63) is 35.2 Å². The standard InChI is InChI=1S/C14H17N3O5S2/c1-23(18,19)14-17-16-13(22-14)9-15-24(20,21)12-7-6-10-4-2-3-5-11(10)8-12/h6-8,15H,2-5,9H2,1H3. The number of nitrogens with one attached hydrogen (secondary N) is 1. The van der Waals surface area contributed by atoms with E-state index < -0.39 is 25.1 Å². The third-order valence-electron chi connectivity index (χ3n) is 3.81. The predicted molar refractivity (Wildman–Crippen MR) is 84.5 cm³/mol. The van der Waals surface area contributed by atoms with E-state index in [0.29, 0.717) is 0 Å². The minimum atomic E-state index is -3.75. The molecule has 0 saturated heterocycles. The molecule has 1 aliphatic rings. The number of rotatable bonds is 5. The number of nitrogens with zero attached hydrogens (tertiary/aromatic N) is 2. The summed E-state index contributed by atoms with van der Waals surface area (Å²) in [5, 5.41) is 6.37. The largest absolute Gasteiger partial charge is 0.411 e. The number of sulfone groups is 1. The maximum atomic E-state index is 12.4. The molecule has 130 valence electrons. The summed E-state index contributed by atoms with van der Waals surface area (Å²) in [4.78, 5) is 0.172. The molecule has 1 aromatic heterocycles. The van der Waals surface area contributed by atoms with Crippen LogP contribution in [0.15, 0.2) is 32.7 Å². The number of benzene rings is 1. The highest BCUT2D eigenvalue weighted by atomic mass is 32.2. The minimum absolute atomic E-state index is 0.114. The maximum absolute atomic E-state index is 12.4. The molecule has 24 heavy (non-hydrogen) atoms. The van der Waals surface area contributed by atoms with Crippen molar-refractivity contribution in [3.8, 4) is 0 Å². The number of sulfonamides is 1. The van der Waals surface area contributed by atoms with Crippen LogP contribution in [-0.2, 0) is 39.2 Å². The summed E-state index contributed by atoms with van der Waals surface area (Å²) in [6.07, 6.45) is 4.96. The van der Waals surface area contributed by atoms with Gasteiger partial charge in [0.05, 0.1) is 11.4 Å². The highest BCUT2D eigenvalue weighted by Crippen LogP contribution is 2.24. The lowest BCUT2D eigenvalue weighted by molar-refractivity contribution is 0.394. The number of hydrogen-bond acceptors (Lipinski definition) is 7. The second kappa shape index (κ2) is 6.26. The van der Waals surface area contributed by atoms with Gasteiger partial charge < -0.3 is 4.42 Å². The highest BCUT2D eigenvalue weighted by molar-refractivity contribution is 7.90. The molecule has 0 unspecified atom stereocenters. The van der Waals surface area contributed by atoms with E-state index >= 15 is 0 Å². The Bertz CT molecular complexity index is 964. The summed E-state index contributed by atoms with van der Waals surface area (Å²) in [6, 6.07) is 5.10. The third kappa shape index (κ3) is 3.65. The van der Waals surface area contributed by atoms with Crippen LogP contribution in [0, 0.1) is 0 Å². The van der Waals surface area contributed by atoms with Crippen LogP contribution in [0.5, 0.6) is 0 Å². The number of aryl methyl sites for hydroxylation is 2. The van der Waals surface area contributed by atoms with Crippen molar-refractivity contribution in [2.45, 2.75) is 42.3 Å². The predicted octanol–water partition coefficient (Wildman–Crippen LogP) is 0.830. The summed E-state index contributed by atoms with van der Waals surface area (Å²) >= 11 is 0. The Morgan fingerprint density at radius 2 is 1.79 bits per heavy atom. The van der Waals surface area contributed by atoms with E-state index in [1.54, 1.807) is 12.1 Å². The van der Waals surface area contributed by atoms with Crippen LogP contribution in [0.4, 0.5) is 0 Å². The molecule has 0 bridgehead atoms. The van der Waals surface area contributed by atoms with E-state index in [0.717, 1.165) is 37.5 Å². The molecule has 8 nitrogen and oxygen atoms in total. The van der Waals surface area contributed by atoms with Gasteiger partial charge in [-0.15, -0.1) is 5.10 Å². The van der Waals surface area contributed by atoms with Crippen molar-refractivity contribution in [3.63, 3.8) is 0 Å². The van der Waals surface area contributed by atoms with E-state index in [1.165, 1.54) is 5.56 Å². The molecule has 0 aliphatic heterocycles. The Labute approximate surface area is 140 Å². The fraction of sp³-hybridized carbons (Fsp3) is 0.429. The molecule has 3 rings (SSSR count). The van der Waals surface area contributed by atoms with Crippen LogP contribution in [0.3, 0.4) is 0 Å². The van der Waals surface area contributed by atoms with Crippen LogP contribution < -0.4 is 4.72 Å². The van der Waals surface area contributed by atoms with Gasteiger partial charge >= 0.3 is 5.22 Å². The van der Waals surface area contributed by atoms with Crippen molar-refractivity contribution in [2.24, 2.45) is 0 Å². The second-order valence-electron chi connectivity index (χ2n) is 5.70. The Kier molecular flexibility index (Phi) is 4.45. The number of fused-ring (bicyclic) bond motifs is 1. The zero-order valence-corrected chi connectivity index (χ0v) is 14.7. The van der Waals surface area contributed by atoms with Gasteiger partial charge in [0.2, 0.25) is 25.8 Å². The van der Waals surface area contributed by atoms with Crippen LogP contribution in [0.2, 0.25) is 0 Å². The van der Waals surface area contributed by atoms with Crippen molar-refractivity contribution >= 4 is 19.9 Å². The van der Waals surface area contributed by atoms with Gasteiger partial charge in [-0.05, 0) is 48.9 Å². The SMILES string of the molecule is CS(=O)(=O)c1nnc(CNS(=O)(=O)c2ccc3c(c2)CCCC3)o1. The van der Waals surface area contributed by atoms with Crippen LogP contribution in [0.25, 0.3) is 0 Å². The molecule has 0 fully saturated rings. The molecule has 0 spiro atoms. The fourth-order valence-electron chi connectivity index (χ4n) is 2.58. The smallest absolute Gasteiger partial charge is 0.335 e. The lowest BCUT2D eigenvalue weighted by Gasteiger charge is -2.16. The molecule has 0 radical (unpaired) electrons. The molecule has 1 aromatic carbocycles. The van der Waals surface area contributed by atoms with E-state index in [1.807, 2.05) is 6.07 Å². The van der Waals surface area contributed by atoms with Gasteiger partial charge in [-0.3, -0.25) is 0 Å². The van der Waals surface area contributed by atoms with E-state index in [9.17, 15) is 16.8 Å². The van der Waals surface area contributed by atoms with Gasteiger partial charge in [0.25, 0.3) is 0 Å². The van der Waals surface area contributed by atoms with Gasteiger partial charge in [0.15, 0.2) is 0 Å². The molecular formula is C14H17N3O5S2. The summed E-state index contributed by atoms with van der Waals surface area (Å²) in [7, 11) is -7.36. The van der Waals surface area contributed by atoms with Gasteiger partial charge in [-0.1, -0.05) is 11.2 Å². The molecule has 0 amide bonds. The lowest BCUT2D eigenvalue weighted by atomic mass is 9.92. The summed E-state index contributed by atoms with van der Waals surface area (Å²) in [5.41, 5.74) is 2.25. The van der Waals surface area contributed by atoms with E-state index in [2.05, 4.69) is 14.9 Å². The Balaban J connectivity index is 1.75. The first-order valence-corrected chi connectivity index (χ1v) is 10.8.